The number of aryl methyl sites for hydroxylation is 1. The van der Waals surface area contributed by atoms with Crippen molar-refractivity contribution in [3.63, 3.8) is 0 Å². The number of nitrogens with one attached hydrogen (secondary N) is 2. The van der Waals surface area contributed by atoms with Crippen LogP contribution in [0.5, 0.6) is 17.2 Å². The maximum absolute atomic E-state index is 14.5. The van der Waals surface area contributed by atoms with E-state index >= 15 is 0 Å². The van der Waals surface area contributed by atoms with Crippen LogP contribution in [-0.4, -0.2) is 68.1 Å². The average molecular weight is 849 g/mol. The van der Waals surface area contributed by atoms with Gasteiger partial charge >= 0.3 is 5.97 Å². The summed E-state index contributed by atoms with van der Waals surface area (Å²) in [5, 5.41) is 63.5. The summed E-state index contributed by atoms with van der Waals surface area (Å²) < 4.78 is 20.5. The van der Waals surface area contributed by atoms with Gasteiger partial charge in [0.05, 0.1) is 23.9 Å². The van der Waals surface area contributed by atoms with E-state index in [1.165, 1.54) is 0 Å². The Bertz CT molecular complexity index is 2550. The summed E-state index contributed by atoms with van der Waals surface area (Å²) in [4.78, 5) is 28.8. The molecular weight excluding hydrogens is 793 g/mol. The van der Waals surface area contributed by atoms with Crippen LogP contribution < -0.4 is 32.3 Å². The predicted molar refractivity (Wildman–Crippen MR) is 231 cm³/mol. The number of dihydropyridines is 2. The fourth-order valence-corrected chi connectivity index (χ4v) is 11.3. The van der Waals surface area contributed by atoms with Gasteiger partial charge in [0.15, 0.2) is 5.43 Å². The predicted octanol–water partition coefficient (Wildman–Crippen LogP) is 4.41. The van der Waals surface area contributed by atoms with Gasteiger partial charge in [0, 0.05) is 54.1 Å². The number of rotatable bonds is 7. The first-order valence-corrected chi connectivity index (χ1v) is 21.8. The van der Waals surface area contributed by atoms with Gasteiger partial charge in [0.1, 0.15) is 58.1 Å². The minimum atomic E-state index is -1.36. The van der Waals surface area contributed by atoms with Crippen molar-refractivity contribution in [1.29, 1.82) is 0 Å². The monoisotopic (exact) mass is 848 g/mol. The van der Waals surface area contributed by atoms with E-state index < -0.39 is 65.4 Å². The highest BCUT2D eigenvalue weighted by atomic mass is 16.6. The highest BCUT2D eigenvalue weighted by Gasteiger charge is 2.55. The molecule has 14 heteroatoms. The standard InChI is InChI=1S/C48H56N4O10/c1-3-34(48(59)13-4-5-14-48)46(58)61-36-20-32-42(57)40-35(56)19-29(22-53)60-44(40)41-39-30-12-15-51-45(50)38(30)26(8-7-25-9-10-28(55)18-31(25)33(39)23-54)17-27(47(36,2)62-43(32)41)16-24-6-11-37(49)52-21-24/h3,6,9-12,18-19,21,26-27,33,36-37,39,51-55,57,59H,4-5,7-8,13-17,20,22-23,49-50H2,1-2H3/b34-3+/t26-,27+,33+,36+,37?,39+,47-/m0/s1. The second-order valence-corrected chi connectivity index (χ2v) is 18.0. The summed E-state index contributed by atoms with van der Waals surface area (Å²) in [7, 11) is 0. The molecular formula is C48H56N4O10. The minimum absolute atomic E-state index is 0.0146. The van der Waals surface area contributed by atoms with Crippen molar-refractivity contribution in [2.75, 3.05) is 13.2 Å². The van der Waals surface area contributed by atoms with E-state index in [9.17, 15) is 35.1 Å². The Balaban J connectivity index is 1.37. The first kappa shape index (κ1) is 41.8. The number of aliphatic hydroxyl groups excluding tert-OH is 2. The van der Waals surface area contributed by atoms with Crippen LogP contribution >= 0.6 is 0 Å². The molecule has 328 valence electrons. The van der Waals surface area contributed by atoms with Gasteiger partial charge in [-0.05, 0) is 104 Å². The average Bonchev–Trinajstić information content (AvgIpc) is 3.70. The van der Waals surface area contributed by atoms with Crippen LogP contribution in [0.25, 0.3) is 11.0 Å². The van der Waals surface area contributed by atoms with Crippen LogP contribution in [0.1, 0.15) is 98.6 Å². The van der Waals surface area contributed by atoms with Crippen molar-refractivity contribution >= 4 is 16.9 Å². The lowest BCUT2D eigenvalue weighted by molar-refractivity contribution is -0.167. The summed E-state index contributed by atoms with van der Waals surface area (Å²) >= 11 is 0. The van der Waals surface area contributed by atoms with Crippen molar-refractivity contribution < 1.29 is 44.2 Å². The van der Waals surface area contributed by atoms with E-state index in [0.29, 0.717) is 62.0 Å². The molecule has 14 nitrogen and oxygen atoms in total. The number of allylic oxidation sites excluding steroid dienone is 5. The molecule has 2 aliphatic carbocycles. The quantitative estimate of drug-likeness (QED) is 0.118. The Morgan fingerprint density at radius 2 is 1.94 bits per heavy atom. The van der Waals surface area contributed by atoms with Crippen molar-refractivity contribution in [3.05, 3.63) is 121 Å². The highest BCUT2D eigenvalue weighted by Crippen LogP contribution is 2.59. The Labute approximate surface area is 359 Å². The van der Waals surface area contributed by atoms with Crippen molar-refractivity contribution in [1.82, 2.24) is 10.6 Å². The van der Waals surface area contributed by atoms with Gasteiger partial charge in [-0.15, -0.1) is 0 Å². The molecule has 7 atom stereocenters. The third kappa shape index (κ3) is 6.88. The molecule has 0 spiro atoms. The maximum Gasteiger partial charge on any atom is 0.337 e. The van der Waals surface area contributed by atoms with E-state index in [-0.39, 0.29) is 57.9 Å². The van der Waals surface area contributed by atoms with Gasteiger partial charge in [-0.1, -0.05) is 37.1 Å². The molecule has 4 bridgehead atoms. The third-order valence-electron chi connectivity index (χ3n) is 14.5. The maximum atomic E-state index is 14.5. The third-order valence-corrected chi connectivity index (χ3v) is 14.5. The smallest absolute Gasteiger partial charge is 0.337 e. The Morgan fingerprint density at radius 1 is 1.15 bits per heavy atom. The molecule has 2 aromatic carbocycles. The number of phenolic OH excluding ortho intramolecular Hbond substituents is 2. The first-order valence-electron chi connectivity index (χ1n) is 21.8. The van der Waals surface area contributed by atoms with Gasteiger partial charge < -0.3 is 61.5 Å². The topological polar surface area (TPSA) is 243 Å². The molecule has 6 aliphatic rings. The summed E-state index contributed by atoms with van der Waals surface area (Å²) in [5.41, 5.74) is 14.8. The zero-order valence-electron chi connectivity index (χ0n) is 35.1. The zero-order chi connectivity index (χ0) is 43.7. The molecule has 0 saturated heterocycles. The number of aliphatic hydroxyl groups is 3. The van der Waals surface area contributed by atoms with Crippen molar-refractivity contribution in [2.24, 2.45) is 23.3 Å². The number of esters is 1. The van der Waals surface area contributed by atoms with Crippen LogP contribution in [0, 0.1) is 11.8 Å². The normalized spacial score (nSPS) is 28.8. The molecule has 9 rings (SSSR count). The zero-order valence-corrected chi connectivity index (χ0v) is 35.1. The Morgan fingerprint density at radius 3 is 2.65 bits per heavy atom. The Kier molecular flexibility index (Phi) is 10.8. The van der Waals surface area contributed by atoms with Crippen LogP contribution in [0.2, 0.25) is 0 Å². The summed E-state index contributed by atoms with van der Waals surface area (Å²) in [6.07, 6.45) is 12.3. The number of fused-ring (bicyclic) bond motifs is 5. The number of carbonyl (C=O) groups is 1. The minimum Gasteiger partial charge on any atom is -0.508 e. The van der Waals surface area contributed by atoms with Gasteiger partial charge in [0.2, 0.25) is 0 Å². The lowest BCUT2D eigenvalue weighted by atomic mass is 9.65. The molecule has 1 aromatic heterocycles. The van der Waals surface area contributed by atoms with E-state index in [4.69, 9.17) is 25.4 Å². The summed E-state index contributed by atoms with van der Waals surface area (Å²) in [6, 6.07) is 6.32. The lowest BCUT2D eigenvalue weighted by Crippen LogP contribution is -2.57. The van der Waals surface area contributed by atoms with Crippen LogP contribution in [0.15, 0.2) is 92.1 Å². The molecule has 0 radical (unpaired) electrons. The molecule has 1 saturated carbocycles. The van der Waals surface area contributed by atoms with Crippen molar-refractivity contribution in [3.8, 4) is 17.2 Å². The molecule has 3 aromatic rings. The number of hydrogen-bond donors (Lipinski definition) is 9. The van der Waals surface area contributed by atoms with E-state index in [0.717, 1.165) is 41.2 Å². The fraction of sp³-hybridized carbons (Fsp3) is 0.458. The summed E-state index contributed by atoms with van der Waals surface area (Å²) in [5.74, 6) is -2.77. The highest BCUT2D eigenvalue weighted by molar-refractivity contribution is 5.93. The molecule has 1 fully saturated rings. The number of aromatic hydroxyl groups is 2. The van der Waals surface area contributed by atoms with Gasteiger partial charge in [-0.2, -0.15) is 0 Å². The second kappa shape index (κ2) is 16.0. The largest absolute Gasteiger partial charge is 0.508 e. The first-order chi connectivity index (χ1) is 29.8. The van der Waals surface area contributed by atoms with Gasteiger partial charge in [0.25, 0.3) is 0 Å². The van der Waals surface area contributed by atoms with Crippen LogP contribution in [0.4, 0.5) is 0 Å². The SMILES string of the molecule is C/C=C(\C(=O)O[C@@H]1Cc2c3c(c4oc(CO)cc(=O)c4c2O)[C@@H]2C4=CCNC(N)=C4[C@@H](CCc4ccc(O)cc4[C@H]2CO)C[C@@H](CC2=CNC(N)C=C2)[C@]1(C)O3)C1(O)CCCC1. The number of phenols is 2. The van der Waals surface area contributed by atoms with E-state index in [1.807, 2.05) is 37.4 Å². The molecule has 4 aliphatic heterocycles. The summed E-state index contributed by atoms with van der Waals surface area (Å²) in [6.45, 7) is 2.95. The van der Waals surface area contributed by atoms with Crippen LogP contribution in [-0.2, 0) is 29.0 Å². The molecule has 0 amide bonds. The number of ether oxygens (including phenoxy) is 2. The molecule has 5 heterocycles. The van der Waals surface area contributed by atoms with Gasteiger partial charge in [-0.25, -0.2) is 4.79 Å². The molecule has 11 N–H and O–H groups in total. The van der Waals surface area contributed by atoms with E-state index in [1.54, 1.807) is 25.1 Å². The fourth-order valence-electron chi connectivity index (χ4n) is 11.3. The van der Waals surface area contributed by atoms with Crippen LogP contribution in [0.3, 0.4) is 0 Å². The van der Waals surface area contributed by atoms with Gasteiger partial charge in [-0.3, -0.25) is 4.79 Å². The number of benzene rings is 2. The molecule has 1 unspecified atom stereocenters. The Hall–Kier alpha value is -5.54. The number of carbonyl (C=O) groups excluding carboxylic acids is 1. The number of hydrogen-bond acceptors (Lipinski definition) is 14. The second-order valence-electron chi connectivity index (χ2n) is 18.0. The molecule has 62 heavy (non-hydrogen) atoms. The van der Waals surface area contributed by atoms with E-state index in [2.05, 4.69) is 10.6 Å². The number of nitrogens with two attached hydrogens (primary N) is 2. The van der Waals surface area contributed by atoms with Crippen molar-refractivity contribution in [2.45, 2.75) is 114 Å². The lowest BCUT2D eigenvalue weighted by Gasteiger charge is -2.50.